The normalized spacial score (nSPS) is 8.50. The van der Waals surface area contributed by atoms with Gasteiger partial charge in [-0.2, -0.15) is 5.26 Å². The molecule has 4 nitrogen and oxygen atoms in total. The minimum absolute atomic E-state index is 0.0238. The van der Waals surface area contributed by atoms with Gasteiger partial charge < -0.3 is 4.74 Å². The number of nitriles is 1. The lowest BCUT2D eigenvalue weighted by molar-refractivity contribution is 0.0600. The highest BCUT2D eigenvalue weighted by Crippen LogP contribution is 2.21. The Bertz CT molecular complexity index is 428. The van der Waals surface area contributed by atoms with Gasteiger partial charge in [-0.3, -0.25) is 0 Å². The number of rotatable bonds is 1. The second kappa shape index (κ2) is 7.04. The average molecular weight is 261 g/mol. The van der Waals surface area contributed by atoms with Crippen molar-refractivity contribution in [1.29, 1.82) is 5.26 Å². The lowest BCUT2D eigenvalue weighted by Crippen LogP contribution is -2.04. The van der Waals surface area contributed by atoms with E-state index in [1.54, 1.807) is 6.07 Å². The van der Waals surface area contributed by atoms with Gasteiger partial charge in [0.1, 0.15) is 11.2 Å². The molecule has 0 aliphatic rings. The van der Waals surface area contributed by atoms with Crippen LogP contribution in [0.15, 0.2) is 6.07 Å². The predicted molar refractivity (Wildman–Crippen MR) is 61.7 cm³/mol. The van der Waals surface area contributed by atoms with Gasteiger partial charge in [-0.1, -0.05) is 37.0 Å². The Kier molecular flexibility index (Phi) is 6.47. The topological polar surface area (TPSA) is 63.0 Å². The minimum Gasteiger partial charge on any atom is -0.465 e. The molecule has 1 aromatic heterocycles. The third-order valence-corrected chi connectivity index (χ3v) is 2.02. The molecular weight excluding hydrogens is 251 g/mol. The van der Waals surface area contributed by atoms with Crippen LogP contribution in [0.3, 0.4) is 0 Å². The van der Waals surface area contributed by atoms with Crippen molar-refractivity contribution >= 4 is 29.2 Å². The molecule has 0 amide bonds. The van der Waals surface area contributed by atoms with E-state index in [-0.39, 0.29) is 21.4 Å². The van der Waals surface area contributed by atoms with E-state index in [0.717, 1.165) is 0 Å². The second-order valence-corrected chi connectivity index (χ2v) is 3.03. The number of pyridine rings is 1. The summed E-state index contributed by atoms with van der Waals surface area (Å²) in [4.78, 5) is 14.7. The maximum Gasteiger partial charge on any atom is 0.341 e. The molecular formula is C10H10Cl2N2O2. The highest BCUT2D eigenvalue weighted by atomic mass is 35.5. The average Bonchev–Trinajstić information content (AvgIpc) is 2.33. The largest absolute Gasteiger partial charge is 0.465 e. The first-order valence-electron chi connectivity index (χ1n) is 4.44. The number of hydrogen-bond donors (Lipinski definition) is 0. The Morgan fingerprint density at radius 3 is 2.50 bits per heavy atom. The summed E-state index contributed by atoms with van der Waals surface area (Å²) in [6, 6.07) is 2.99. The van der Waals surface area contributed by atoms with E-state index in [0.29, 0.717) is 0 Å². The van der Waals surface area contributed by atoms with Crippen LogP contribution in [0, 0.1) is 11.3 Å². The summed E-state index contributed by atoms with van der Waals surface area (Å²) < 4.78 is 4.44. The van der Waals surface area contributed by atoms with Crippen molar-refractivity contribution in [3.8, 4) is 6.07 Å². The molecule has 6 heteroatoms. The van der Waals surface area contributed by atoms with Crippen LogP contribution in [-0.4, -0.2) is 18.1 Å². The van der Waals surface area contributed by atoms with Gasteiger partial charge in [0.15, 0.2) is 5.69 Å². The second-order valence-electron chi connectivity index (χ2n) is 2.26. The molecule has 1 heterocycles. The zero-order chi connectivity index (χ0) is 12.7. The number of aromatic nitrogens is 1. The van der Waals surface area contributed by atoms with Crippen LogP contribution >= 0.6 is 23.2 Å². The summed E-state index contributed by atoms with van der Waals surface area (Å²) >= 11 is 11.3. The zero-order valence-corrected chi connectivity index (χ0v) is 10.6. The lowest BCUT2D eigenvalue weighted by atomic mass is 10.2. The number of carbonyl (C=O) groups is 1. The molecule has 1 aromatic rings. The van der Waals surface area contributed by atoms with Gasteiger partial charge in [0.05, 0.1) is 17.7 Å². The van der Waals surface area contributed by atoms with Crippen LogP contribution in [0.4, 0.5) is 0 Å². The van der Waals surface area contributed by atoms with Crippen LogP contribution in [-0.2, 0) is 4.74 Å². The Morgan fingerprint density at radius 1 is 1.50 bits per heavy atom. The molecule has 16 heavy (non-hydrogen) atoms. The number of nitrogens with zero attached hydrogens (tertiary/aromatic N) is 2. The molecule has 0 unspecified atom stereocenters. The monoisotopic (exact) mass is 260 g/mol. The Labute approximate surface area is 104 Å². The van der Waals surface area contributed by atoms with Gasteiger partial charge in [-0.05, 0) is 6.07 Å². The molecule has 0 saturated carbocycles. The van der Waals surface area contributed by atoms with Crippen molar-refractivity contribution in [1.82, 2.24) is 4.98 Å². The molecule has 0 spiro atoms. The van der Waals surface area contributed by atoms with Gasteiger partial charge in [-0.25, -0.2) is 9.78 Å². The van der Waals surface area contributed by atoms with E-state index >= 15 is 0 Å². The van der Waals surface area contributed by atoms with Gasteiger partial charge in [-0.15, -0.1) is 0 Å². The third kappa shape index (κ3) is 3.37. The van der Waals surface area contributed by atoms with Crippen molar-refractivity contribution < 1.29 is 9.53 Å². The van der Waals surface area contributed by atoms with E-state index in [2.05, 4.69) is 9.72 Å². The SMILES string of the molecule is CC.COC(=O)c1cc(Cl)c(C#N)nc1Cl. The number of halogens is 2. The molecule has 0 aliphatic heterocycles. The third-order valence-electron chi connectivity index (χ3n) is 1.44. The number of ether oxygens (including phenoxy) is 1. The first-order valence-corrected chi connectivity index (χ1v) is 5.20. The molecule has 0 radical (unpaired) electrons. The van der Waals surface area contributed by atoms with E-state index in [1.165, 1.54) is 13.2 Å². The molecule has 0 aromatic carbocycles. The smallest absolute Gasteiger partial charge is 0.341 e. The van der Waals surface area contributed by atoms with Crippen LogP contribution in [0.2, 0.25) is 10.2 Å². The summed E-state index contributed by atoms with van der Waals surface area (Å²) in [5.74, 6) is -0.645. The number of methoxy groups -OCH3 is 1. The van der Waals surface area contributed by atoms with Crippen LogP contribution < -0.4 is 0 Å². The summed E-state index contributed by atoms with van der Waals surface area (Å²) in [5.41, 5.74) is 0.0162. The number of esters is 1. The van der Waals surface area contributed by atoms with E-state index in [4.69, 9.17) is 28.5 Å². The molecule has 0 bridgehead atoms. The van der Waals surface area contributed by atoms with Gasteiger partial charge in [0.25, 0.3) is 0 Å². The summed E-state index contributed by atoms with van der Waals surface area (Å²) in [7, 11) is 1.21. The molecule has 0 saturated heterocycles. The first-order chi connectivity index (χ1) is 7.60. The molecule has 0 atom stereocenters. The lowest BCUT2D eigenvalue weighted by Gasteiger charge is -2.02. The number of hydrogen-bond acceptors (Lipinski definition) is 4. The Morgan fingerprint density at radius 2 is 2.06 bits per heavy atom. The molecule has 0 aliphatic carbocycles. The molecule has 86 valence electrons. The van der Waals surface area contributed by atoms with Crippen LogP contribution in [0.25, 0.3) is 0 Å². The Hall–Kier alpha value is -1.31. The van der Waals surface area contributed by atoms with Crippen molar-refractivity contribution in [3.63, 3.8) is 0 Å². The van der Waals surface area contributed by atoms with Crippen molar-refractivity contribution in [2.75, 3.05) is 7.11 Å². The van der Waals surface area contributed by atoms with Crippen molar-refractivity contribution in [2.45, 2.75) is 13.8 Å². The van der Waals surface area contributed by atoms with Gasteiger partial charge >= 0.3 is 5.97 Å². The van der Waals surface area contributed by atoms with Crippen molar-refractivity contribution in [3.05, 3.63) is 27.5 Å². The predicted octanol–water partition coefficient (Wildman–Crippen LogP) is 3.07. The maximum absolute atomic E-state index is 11.1. The summed E-state index contributed by atoms with van der Waals surface area (Å²) in [6.07, 6.45) is 0. The highest BCUT2D eigenvalue weighted by molar-refractivity contribution is 6.35. The minimum atomic E-state index is -0.645. The Balaban J connectivity index is 0.00000106. The first kappa shape index (κ1) is 14.7. The quantitative estimate of drug-likeness (QED) is 0.575. The van der Waals surface area contributed by atoms with E-state index in [1.807, 2.05) is 13.8 Å². The van der Waals surface area contributed by atoms with Crippen LogP contribution in [0.5, 0.6) is 0 Å². The zero-order valence-electron chi connectivity index (χ0n) is 9.04. The maximum atomic E-state index is 11.1. The molecule has 0 fully saturated rings. The molecule has 0 N–H and O–H groups in total. The van der Waals surface area contributed by atoms with E-state index < -0.39 is 5.97 Å². The summed E-state index contributed by atoms with van der Waals surface area (Å²) in [5, 5.41) is 8.53. The van der Waals surface area contributed by atoms with Crippen LogP contribution in [0.1, 0.15) is 29.9 Å². The molecule has 1 rings (SSSR count). The fourth-order valence-corrected chi connectivity index (χ4v) is 1.21. The van der Waals surface area contributed by atoms with Crippen molar-refractivity contribution in [2.24, 2.45) is 0 Å². The van der Waals surface area contributed by atoms with Gasteiger partial charge in [0, 0.05) is 0 Å². The van der Waals surface area contributed by atoms with Gasteiger partial charge in [0.2, 0.25) is 0 Å². The fraction of sp³-hybridized carbons (Fsp3) is 0.300. The number of carbonyl (C=O) groups excluding carboxylic acids is 1. The van der Waals surface area contributed by atoms with E-state index in [9.17, 15) is 4.79 Å². The highest BCUT2D eigenvalue weighted by Gasteiger charge is 2.15. The summed E-state index contributed by atoms with van der Waals surface area (Å²) in [6.45, 7) is 4.00. The standard InChI is InChI=1S/C8H4Cl2N2O2.C2H6/c1-14-8(13)4-2-5(9)6(3-11)12-7(4)10;1-2/h2H,1H3;1-2H3. The fourth-order valence-electron chi connectivity index (χ4n) is 0.798.